The maximum absolute atomic E-state index is 5.98. The van der Waals surface area contributed by atoms with Gasteiger partial charge in [0, 0.05) is 6.20 Å². The van der Waals surface area contributed by atoms with Gasteiger partial charge in [-0.1, -0.05) is 24.3 Å². The highest BCUT2D eigenvalue weighted by atomic mass is 35.5. The Bertz CT molecular complexity index is 664. The quantitative estimate of drug-likeness (QED) is 0.667. The highest BCUT2D eigenvalue weighted by Crippen LogP contribution is 2.26. The van der Waals surface area contributed by atoms with Crippen molar-refractivity contribution in [2.75, 3.05) is 0 Å². The molecule has 2 heterocycles. The first-order chi connectivity index (χ1) is 8.88. The zero-order valence-corrected chi connectivity index (χ0v) is 10.3. The van der Waals surface area contributed by atoms with Gasteiger partial charge in [-0.25, -0.2) is 0 Å². The summed E-state index contributed by atoms with van der Waals surface area (Å²) in [5.74, 6) is 1.67. The Hall–Kier alpha value is -2.00. The SMILES string of the molecule is ClCc1c(Oc2ccccc2)nc2ccccn12. The lowest BCUT2D eigenvalue weighted by atomic mass is 10.3. The summed E-state index contributed by atoms with van der Waals surface area (Å²) in [6, 6.07) is 15.4. The molecule has 1 aromatic carbocycles. The van der Waals surface area contributed by atoms with Crippen molar-refractivity contribution in [3.63, 3.8) is 0 Å². The lowest BCUT2D eigenvalue weighted by molar-refractivity contribution is 0.461. The number of aromatic nitrogens is 2. The number of imidazole rings is 1. The van der Waals surface area contributed by atoms with Crippen LogP contribution in [0.3, 0.4) is 0 Å². The van der Waals surface area contributed by atoms with Gasteiger partial charge in [0.25, 0.3) is 0 Å². The van der Waals surface area contributed by atoms with E-state index < -0.39 is 0 Å². The van der Waals surface area contributed by atoms with Gasteiger partial charge in [0.2, 0.25) is 5.88 Å². The molecule has 90 valence electrons. The molecule has 0 aliphatic rings. The zero-order valence-electron chi connectivity index (χ0n) is 9.58. The topological polar surface area (TPSA) is 26.5 Å². The van der Waals surface area contributed by atoms with Gasteiger partial charge < -0.3 is 4.74 Å². The molecule has 0 saturated heterocycles. The Morgan fingerprint density at radius 1 is 1.06 bits per heavy atom. The van der Waals surface area contributed by atoms with Crippen LogP contribution >= 0.6 is 11.6 Å². The van der Waals surface area contributed by atoms with Crippen LogP contribution in [-0.2, 0) is 5.88 Å². The van der Waals surface area contributed by atoms with E-state index in [4.69, 9.17) is 16.3 Å². The number of benzene rings is 1. The largest absolute Gasteiger partial charge is 0.437 e. The minimum absolute atomic E-state index is 0.355. The molecule has 3 nitrogen and oxygen atoms in total. The minimum Gasteiger partial charge on any atom is -0.437 e. The molecule has 4 heteroatoms. The fourth-order valence-corrected chi connectivity index (χ4v) is 2.07. The summed E-state index contributed by atoms with van der Waals surface area (Å²) in [4.78, 5) is 4.44. The van der Waals surface area contributed by atoms with E-state index in [-0.39, 0.29) is 0 Å². The number of ether oxygens (including phenoxy) is 1. The van der Waals surface area contributed by atoms with Gasteiger partial charge in [-0.3, -0.25) is 4.40 Å². The van der Waals surface area contributed by atoms with Crippen molar-refractivity contribution in [2.45, 2.75) is 5.88 Å². The van der Waals surface area contributed by atoms with E-state index in [2.05, 4.69) is 4.98 Å². The molecule has 3 aromatic rings. The number of pyridine rings is 1. The van der Waals surface area contributed by atoms with E-state index in [0.717, 1.165) is 17.1 Å². The number of halogens is 1. The summed E-state index contributed by atoms with van der Waals surface area (Å²) in [7, 11) is 0. The molecule has 18 heavy (non-hydrogen) atoms. The van der Waals surface area contributed by atoms with Gasteiger partial charge in [0.05, 0.1) is 5.88 Å². The van der Waals surface area contributed by atoms with Crippen molar-refractivity contribution in [1.82, 2.24) is 9.38 Å². The van der Waals surface area contributed by atoms with E-state index >= 15 is 0 Å². The molecule has 0 spiro atoms. The number of fused-ring (bicyclic) bond motifs is 1. The van der Waals surface area contributed by atoms with E-state index in [1.54, 1.807) is 0 Å². The average molecular weight is 259 g/mol. The highest BCUT2D eigenvalue weighted by Gasteiger charge is 2.12. The molecule has 0 N–H and O–H groups in total. The lowest BCUT2D eigenvalue weighted by Crippen LogP contribution is -1.91. The Labute approximate surface area is 110 Å². The predicted octanol–water partition coefficient (Wildman–Crippen LogP) is 3.87. The lowest BCUT2D eigenvalue weighted by Gasteiger charge is -2.03. The maximum atomic E-state index is 5.98. The van der Waals surface area contributed by atoms with Crippen molar-refractivity contribution in [3.8, 4) is 11.6 Å². The average Bonchev–Trinajstić information content (AvgIpc) is 2.77. The second kappa shape index (κ2) is 4.70. The van der Waals surface area contributed by atoms with Gasteiger partial charge in [-0.15, -0.1) is 11.6 Å². The van der Waals surface area contributed by atoms with Crippen LogP contribution in [-0.4, -0.2) is 9.38 Å². The minimum atomic E-state index is 0.355. The fraction of sp³-hybridized carbons (Fsp3) is 0.0714. The highest BCUT2D eigenvalue weighted by molar-refractivity contribution is 6.17. The first-order valence-electron chi connectivity index (χ1n) is 5.63. The van der Waals surface area contributed by atoms with Crippen LogP contribution in [0, 0.1) is 0 Å². The predicted molar refractivity (Wildman–Crippen MR) is 71.3 cm³/mol. The first kappa shape index (κ1) is 11.1. The summed E-state index contributed by atoms with van der Waals surface area (Å²) >= 11 is 5.98. The second-order valence-corrected chi connectivity index (χ2v) is 4.11. The fourth-order valence-electron chi connectivity index (χ4n) is 1.83. The Kier molecular flexibility index (Phi) is 2.90. The van der Waals surface area contributed by atoms with Crippen LogP contribution in [0.15, 0.2) is 54.7 Å². The van der Waals surface area contributed by atoms with Gasteiger partial charge in [0.15, 0.2) is 0 Å². The summed E-state index contributed by atoms with van der Waals surface area (Å²) < 4.78 is 7.70. The standard InChI is InChI=1S/C14H11ClN2O/c15-10-12-14(18-11-6-2-1-3-7-11)16-13-8-4-5-9-17(12)13/h1-9H,10H2. The van der Waals surface area contributed by atoms with Crippen LogP contribution < -0.4 is 4.74 Å². The van der Waals surface area contributed by atoms with Gasteiger partial charge >= 0.3 is 0 Å². The van der Waals surface area contributed by atoms with E-state index in [9.17, 15) is 0 Å². The van der Waals surface area contributed by atoms with Crippen molar-refractivity contribution in [3.05, 3.63) is 60.4 Å². The number of hydrogen-bond donors (Lipinski definition) is 0. The van der Waals surface area contributed by atoms with Gasteiger partial charge in [-0.2, -0.15) is 4.98 Å². The normalized spacial score (nSPS) is 10.7. The summed E-state index contributed by atoms with van der Waals surface area (Å²) in [6.07, 6.45) is 1.93. The molecule has 0 aliphatic heterocycles. The number of para-hydroxylation sites is 1. The third-order valence-electron chi connectivity index (χ3n) is 2.68. The third-order valence-corrected chi connectivity index (χ3v) is 2.93. The molecular formula is C14H11ClN2O. The van der Waals surface area contributed by atoms with Gasteiger partial charge in [-0.05, 0) is 24.3 Å². The van der Waals surface area contributed by atoms with Crippen LogP contribution in [0.25, 0.3) is 5.65 Å². The van der Waals surface area contributed by atoms with Crippen LogP contribution in [0.1, 0.15) is 5.69 Å². The number of hydrogen-bond acceptors (Lipinski definition) is 2. The van der Waals surface area contributed by atoms with Crippen LogP contribution in [0.5, 0.6) is 11.6 Å². The molecule has 0 unspecified atom stereocenters. The molecular weight excluding hydrogens is 248 g/mol. The first-order valence-corrected chi connectivity index (χ1v) is 6.17. The van der Waals surface area contributed by atoms with Crippen molar-refractivity contribution in [2.24, 2.45) is 0 Å². The van der Waals surface area contributed by atoms with Crippen molar-refractivity contribution < 1.29 is 4.74 Å². The van der Waals surface area contributed by atoms with Crippen molar-refractivity contribution >= 4 is 17.2 Å². The van der Waals surface area contributed by atoms with Crippen molar-refractivity contribution in [1.29, 1.82) is 0 Å². The smallest absolute Gasteiger partial charge is 0.242 e. The molecule has 0 radical (unpaired) electrons. The Balaban J connectivity index is 2.06. The Morgan fingerprint density at radius 3 is 2.61 bits per heavy atom. The molecule has 0 atom stereocenters. The third kappa shape index (κ3) is 1.93. The number of rotatable bonds is 3. The molecule has 0 bridgehead atoms. The Morgan fingerprint density at radius 2 is 1.83 bits per heavy atom. The molecule has 2 aromatic heterocycles. The maximum Gasteiger partial charge on any atom is 0.242 e. The molecule has 3 rings (SSSR count). The molecule has 0 saturated carbocycles. The van der Waals surface area contributed by atoms with Crippen LogP contribution in [0.4, 0.5) is 0 Å². The van der Waals surface area contributed by atoms with Crippen LogP contribution in [0.2, 0.25) is 0 Å². The second-order valence-electron chi connectivity index (χ2n) is 3.84. The zero-order chi connectivity index (χ0) is 12.4. The van der Waals surface area contributed by atoms with E-state index in [0.29, 0.717) is 11.8 Å². The molecule has 0 fully saturated rings. The summed E-state index contributed by atoms with van der Waals surface area (Å²) in [6.45, 7) is 0. The van der Waals surface area contributed by atoms with Gasteiger partial charge in [0.1, 0.15) is 17.1 Å². The molecule has 0 aliphatic carbocycles. The summed E-state index contributed by atoms with van der Waals surface area (Å²) in [5.41, 5.74) is 1.69. The van der Waals surface area contributed by atoms with E-state index in [1.807, 2.05) is 59.1 Å². The monoisotopic (exact) mass is 258 g/mol. The summed E-state index contributed by atoms with van der Waals surface area (Å²) in [5, 5.41) is 0. The molecule has 0 amide bonds. The van der Waals surface area contributed by atoms with E-state index in [1.165, 1.54) is 0 Å². The number of alkyl halides is 1. The number of nitrogens with zero attached hydrogens (tertiary/aromatic N) is 2.